The normalized spacial score (nSPS) is 11.3. The summed E-state index contributed by atoms with van der Waals surface area (Å²) in [5.41, 5.74) is 1.13. The van der Waals surface area contributed by atoms with Crippen molar-refractivity contribution in [1.82, 2.24) is 10.3 Å². The zero-order valence-electron chi connectivity index (χ0n) is 11.9. The number of pyridine rings is 1. The Kier molecular flexibility index (Phi) is 5.30. The summed E-state index contributed by atoms with van der Waals surface area (Å²) in [6.45, 7) is 0.946. The first-order chi connectivity index (χ1) is 10.1. The number of aromatic nitrogens is 1. The van der Waals surface area contributed by atoms with E-state index in [-0.39, 0.29) is 4.90 Å². The summed E-state index contributed by atoms with van der Waals surface area (Å²) in [4.78, 5) is 4.20. The topological polar surface area (TPSA) is 71.1 Å². The van der Waals surface area contributed by atoms with Crippen LogP contribution in [0.4, 0.5) is 5.82 Å². The van der Waals surface area contributed by atoms with Gasteiger partial charge in [-0.2, -0.15) is 0 Å². The van der Waals surface area contributed by atoms with Gasteiger partial charge >= 0.3 is 0 Å². The minimum absolute atomic E-state index is 0.241. The zero-order valence-corrected chi connectivity index (χ0v) is 12.7. The fourth-order valence-electron chi connectivity index (χ4n) is 1.92. The van der Waals surface area contributed by atoms with E-state index in [1.807, 2.05) is 19.2 Å². The molecule has 0 aliphatic carbocycles. The molecule has 0 atom stereocenters. The molecule has 1 heterocycles. The van der Waals surface area contributed by atoms with Crippen LogP contribution in [0.1, 0.15) is 12.0 Å². The Hall–Kier alpha value is -1.92. The van der Waals surface area contributed by atoms with Crippen LogP contribution < -0.4 is 10.0 Å². The van der Waals surface area contributed by atoms with Gasteiger partial charge in [-0.05, 0) is 56.3 Å². The van der Waals surface area contributed by atoms with Crippen LogP contribution in [0.25, 0.3) is 0 Å². The highest BCUT2D eigenvalue weighted by Crippen LogP contribution is 2.15. The van der Waals surface area contributed by atoms with Crippen molar-refractivity contribution < 1.29 is 8.42 Å². The maximum absolute atomic E-state index is 12.2. The number of aryl methyl sites for hydroxylation is 1. The van der Waals surface area contributed by atoms with Crippen LogP contribution in [-0.4, -0.2) is 27.0 Å². The Balaban J connectivity index is 2.06. The van der Waals surface area contributed by atoms with Gasteiger partial charge < -0.3 is 5.32 Å². The van der Waals surface area contributed by atoms with Gasteiger partial charge in [0.1, 0.15) is 5.82 Å². The molecule has 0 aliphatic heterocycles. The van der Waals surface area contributed by atoms with Gasteiger partial charge in [-0.15, -0.1) is 0 Å². The molecular weight excluding hydrogens is 286 g/mol. The Morgan fingerprint density at radius 1 is 1.10 bits per heavy atom. The molecule has 21 heavy (non-hydrogen) atoms. The predicted molar refractivity (Wildman–Crippen MR) is 83.7 cm³/mol. The molecule has 0 unspecified atom stereocenters. The van der Waals surface area contributed by atoms with Crippen LogP contribution in [0, 0.1) is 0 Å². The Bertz CT molecular complexity index is 655. The van der Waals surface area contributed by atoms with Crippen molar-refractivity contribution in [3.8, 4) is 0 Å². The van der Waals surface area contributed by atoms with Gasteiger partial charge in [0, 0.05) is 6.20 Å². The lowest BCUT2D eigenvalue weighted by Crippen LogP contribution is -2.13. The van der Waals surface area contributed by atoms with E-state index in [4.69, 9.17) is 0 Å². The molecule has 0 amide bonds. The molecule has 0 radical (unpaired) electrons. The largest absolute Gasteiger partial charge is 0.320 e. The number of hydrogen-bond donors (Lipinski definition) is 2. The van der Waals surface area contributed by atoms with E-state index in [1.165, 1.54) is 0 Å². The van der Waals surface area contributed by atoms with E-state index in [0.29, 0.717) is 5.82 Å². The van der Waals surface area contributed by atoms with Crippen molar-refractivity contribution in [1.29, 1.82) is 0 Å². The van der Waals surface area contributed by atoms with E-state index < -0.39 is 10.0 Å². The second-order valence-corrected chi connectivity index (χ2v) is 6.35. The first-order valence-electron chi connectivity index (χ1n) is 6.79. The number of nitrogens with one attached hydrogen (secondary N) is 2. The van der Waals surface area contributed by atoms with Crippen LogP contribution >= 0.6 is 0 Å². The molecule has 0 saturated heterocycles. The summed E-state index contributed by atoms with van der Waals surface area (Å²) in [5.74, 6) is 0.315. The highest BCUT2D eigenvalue weighted by molar-refractivity contribution is 7.92. The predicted octanol–water partition coefficient (Wildman–Crippen LogP) is 2.03. The molecule has 0 fully saturated rings. The van der Waals surface area contributed by atoms with Crippen LogP contribution in [0.3, 0.4) is 0 Å². The second kappa shape index (κ2) is 7.19. The minimum Gasteiger partial charge on any atom is -0.320 e. The molecule has 0 spiro atoms. The highest BCUT2D eigenvalue weighted by Gasteiger charge is 2.14. The van der Waals surface area contributed by atoms with E-state index in [0.717, 1.165) is 24.9 Å². The number of anilines is 1. The molecule has 0 bridgehead atoms. The van der Waals surface area contributed by atoms with Crippen LogP contribution in [0.5, 0.6) is 0 Å². The number of benzene rings is 1. The second-order valence-electron chi connectivity index (χ2n) is 4.67. The van der Waals surface area contributed by atoms with Gasteiger partial charge in [-0.25, -0.2) is 13.4 Å². The average Bonchev–Trinajstić information content (AvgIpc) is 2.49. The van der Waals surface area contributed by atoms with Gasteiger partial charge in [0.05, 0.1) is 4.90 Å². The molecule has 2 rings (SSSR count). The van der Waals surface area contributed by atoms with Gasteiger partial charge in [0.15, 0.2) is 0 Å². The number of hydrogen-bond acceptors (Lipinski definition) is 4. The quantitative estimate of drug-likeness (QED) is 0.768. The van der Waals surface area contributed by atoms with Crippen molar-refractivity contribution in [2.24, 2.45) is 0 Å². The fraction of sp³-hybridized carbons (Fsp3) is 0.267. The third-order valence-corrected chi connectivity index (χ3v) is 4.40. The van der Waals surface area contributed by atoms with Crippen molar-refractivity contribution in [2.45, 2.75) is 17.7 Å². The Morgan fingerprint density at radius 3 is 2.48 bits per heavy atom. The van der Waals surface area contributed by atoms with Gasteiger partial charge in [0.2, 0.25) is 0 Å². The molecular formula is C15H19N3O2S. The van der Waals surface area contributed by atoms with E-state index in [2.05, 4.69) is 15.0 Å². The summed E-state index contributed by atoms with van der Waals surface area (Å²) in [7, 11) is -1.66. The van der Waals surface area contributed by atoms with Crippen molar-refractivity contribution >= 4 is 15.8 Å². The lowest BCUT2D eigenvalue weighted by atomic mass is 10.1. The number of nitrogens with zero attached hydrogens (tertiary/aromatic N) is 1. The van der Waals surface area contributed by atoms with Crippen molar-refractivity contribution in [3.63, 3.8) is 0 Å². The zero-order chi connectivity index (χ0) is 15.1. The van der Waals surface area contributed by atoms with Crippen molar-refractivity contribution in [2.75, 3.05) is 18.3 Å². The summed E-state index contributed by atoms with van der Waals surface area (Å²) < 4.78 is 26.9. The van der Waals surface area contributed by atoms with Crippen LogP contribution in [0.2, 0.25) is 0 Å². The lowest BCUT2D eigenvalue weighted by molar-refractivity contribution is 0.601. The smallest absolute Gasteiger partial charge is 0.263 e. The number of rotatable bonds is 7. The molecule has 1 aromatic heterocycles. The monoisotopic (exact) mass is 305 g/mol. The average molecular weight is 305 g/mol. The van der Waals surface area contributed by atoms with E-state index in [9.17, 15) is 8.42 Å². The minimum atomic E-state index is -3.58. The Labute approximate surface area is 125 Å². The first kappa shape index (κ1) is 15.5. The lowest BCUT2D eigenvalue weighted by Gasteiger charge is -2.08. The number of sulfonamides is 1. The molecule has 112 valence electrons. The third-order valence-electron chi connectivity index (χ3n) is 3.03. The molecule has 0 aliphatic rings. The van der Waals surface area contributed by atoms with Gasteiger partial charge in [-0.1, -0.05) is 18.2 Å². The maximum Gasteiger partial charge on any atom is 0.263 e. The summed E-state index contributed by atoms with van der Waals surface area (Å²) in [6.07, 6.45) is 3.49. The standard InChI is InChI=1S/C15H19N3O2S/c1-16-11-4-5-13-7-9-14(10-8-13)21(19,20)18-15-6-2-3-12-17-15/h2-3,6-10,12,16H,4-5,11H2,1H3,(H,17,18). The molecule has 2 N–H and O–H groups in total. The van der Waals surface area contributed by atoms with Gasteiger partial charge in [0.25, 0.3) is 10.0 Å². The molecule has 0 saturated carbocycles. The Morgan fingerprint density at radius 2 is 1.86 bits per heavy atom. The molecule has 6 heteroatoms. The fourth-order valence-corrected chi connectivity index (χ4v) is 2.93. The van der Waals surface area contributed by atoms with E-state index >= 15 is 0 Å². The van der Waals surface area contributed by atoms with Gasteiger partial charge in [-0.3, -0.25) is 4.72 Å². The third kappa shape index (κ3) is 4.54. The summed E-state index contributed by atoms with van der Waals surface area (Å²) in [6, 6.07) is 12.0. The summed E-state index contributed by atoms with van der Waals surface area (Å²) >= 11 is 0. The maximum atomic E-state index is 12.2. The van der Waals surface area contributed by atoms with E-state index in [1.54, 1.807) is 36.5 Å². The molecule has 1 aromatic carbocycles. The van der Waals surface area contributed by atoms with Crippen molar-refractivity contribution in [3.05, 3.63) is 54.2 Å². The van der Waals surface area contributed by atoms with Crippen LogP contribution in [0.15, 0.2) is 53.6 Å². The first-order valence-corrected chi connectivity index (χ1v) is 8.27. The van der Waals surface area contributed by atoms with Crippen LogP contribution in [-0.2, 0) is 16.4 Å². The highest BCUT2D eigenvalue weighted by atomic mass is 32.2. The summed E-state index contributed by atoms with van der Waals surface area (Å²) in [5, 5.41) is 3.09. The molecule has 2 aromatic rings. The molecule has 5 nitrogen and oxygen atoms in total. The SMILES string of the molecule is CNCCCc1ccc(S(=O)(=O)Nc2ccccn2)cc1.